The van der Waals surface area contributed by atoms with Gasteiger partial charge in [0.05, 0.1) is 19.2 Å². The number of nitrogens with two attached hydrogens (primary N) is 1. The molecule has 0 aliphatic carbocycles. The summed E-state index contributed by atoms with van der Waals surface area (Å²) in [6.07, 6.45) is 1.82. The summed E-state index contributed by atoms with van der Waals surface area (Å²) in [4.78, 5) is 14.2. The van der Waals surface area contributed by atoms with Crippen LogP contribution in [0.3, 0.4) is 0 Å². The molecule has 0 radical (unpaired) electrons. The number of para-hydroxylation sites is 1. The molecule has 112 valence electrons. The third kappa shape index (κ3) is 3.94. The Bertz CT molecular complexity index is 545. The van der Waals surface area contributed by atoms with E-state index in [4.69, 9.17) is 15.7 Å². The van der Waals surface area contributed by atoms with Crippen LogP contribution in [-0.4, -0.2) is 43.6 Å². The molecule has 1 aliphatic rings. The van der Waals surface area contributed by atoms with Gasteiger partial charge in [-0.05, 0) is 25.0 Å². The number of nitrogens with one attached hydrogen (secondary N) is 1. The summed E-state index contributed by atoms with van der Waals surface area (Å²) in [5, 5.41) is 11.9. The molecule has 0 aromatic heterocycles. The summed E-state index contributed by atoms with van der Waals surface area (Å²) < 4.78 is 5.20. The zero-order valence-electron chi connectivity index (χ0n) is 12.1. The summed E-state index contributed by atoms with van der Waals surface area (Å²) in [6, 6.07) is 7.39. The molecule has 0 bridgehead atoms. The first-order chi connectivity index (χ1) is 10.1. The van der Waals surface area contributed by atoms with E-state index in [1.165, 1.54) is 7.11 Å². The third-order valence-electron chi connectivity index (χ3n) is 3.63. The molecule has 6 nitrogen and oxygen atoms in total. The van der Waals surface area contributed by atoms with E-state index in [9.17, 15) is 4.79 Å². The molecule has 2 rings (SSSR count). The Morgan fingerprint density at radius 3 is 2.86 bits per heavy atom. The smallest absolute Gasteiger partial charge is 0.238 e. The maximum Gasteiger partial charge on any atom is 0.238 e. The monoisotopic (exact) mass is 288 g/mol. The molecule has 1 saturated heterocycles. The predicted octanol–water partition coefficient (Wildman–Crippen LogP) is 0.928. The number of hydrogen-bond donors (Lipinski definition) is 2. The highest BCUT2D eigenvalue weighted by Crippen LogP contribution is 2.27. The van der Waals surface area contributed by atoms with E-state index in [-0.39, 0.29) is 11.9 Å². The lowest BCUT2D eigenvalue weighted by Crippen LogP contribution is -2.43. The lowest BCUT2D eigenvalue weighted by Gasteiger charge is -2.29. The van der Waals surface area contributed by atoms with E-state index >= 15 is 0 Å². The number of carbonyl (C=O) groups excluding carboxylic acids is 1. The Labute approximate surface area is 124 Å². The van der Waals surface area contributed by atoms with Gasteiger partial charge in [0.2, 0.25) is 5.91 Å². The van der Waals surface area contributed by atoms with Gasteiger partial charge in [0.15, 0.2) is 0 Å². The van der Waals surface area contributed by atoms with Crippen LogP contribution >= 0.6 is 0 Å². The van der Waals surface area contributed by atoms with Crippen molar-refractivity contribution in [3.05, 3.63) is 23.8 Å². The first-order valence-electron chi connectivity index (χ1n) is 6.99. The van der Waals surface area contributed by atoms with E-state index in [0.717, 1.165) is 25.9 Å². The van der Waals surface area contributed by atoms with Gasteiger partial charge in [-0.15, -0.1) is 0 Å². The quantitative estimate of drug-likeness (QED) is 0.860. The second kappa shape index (κ2) is 7.07. The average molecular weight is 288 g/mol. The number of piperidine rings is 1. The van der Waals surface area contributed by atoms with E-state index in [2.05, 4.69) is 16.3 Å². The molecule has 1 aromatic carbocycles. The molecule has 1 heterocycles. The Morgan fingerprint density at radius 1 is 1.52 bits per heavy atom. The van der Waals surface area contributed by atoms with Gasteiger partial charge in [-0.1, -0.05) is 6.07 Å². The fourth-order valence-corrected chi connectivity index (χ4v) is 2.42. The van der Waals surface area contributed by atoms with Crippen LogP contribution in [0.15, 0.2) is 18.2 Å². The van der Waals surface area contributed by atoms with Crippen LogP contribution in [0.5, 0.6) is 5.75 Å². The topological polar surface area (TPSA) is 91.4 Å². The number of anilines is 1. The van der Waals surface area contributed by atoms with Crippen LogP contribution in [0.1, 0.15) is 18.4 Å². The molecule has 0 atom stereocenters. The van der Waals surface area contributed by atoms with Crippen LogP contribution in [0.2, 0.25) is 0 Å². The third-order valence-corrected chi connectivity index (χ3v) is 3.63. The largest absolute Gasteiger partial charge is 0.495 e. The van der Waals surface area contributed by atoms with Crippen LogP contribution in [0, 0.1) is 11.3 Å². The summed E-state index contributed by atoms with van der Waals surface area (Å²) in [5.74, 6) is 0.342. The van der Waals surface area contributed by atoms with Gasteiger partial charge >= 0.3 is 0 Å². The van der Waals surface area contributed by atoms with Crippen LogP contribution in [0.25, 0.3) is 0 Å². The van der Waals surface area contributed by atoms with Gasteiger partial charge in [-0.25, -0.2) is 0 Å². The summed E-state index contributed by atoms with van der Waals surface area (Å²) in [6.45, 7) is 1.95. The van der Waals surface area contributed by atoms with Gasteiger partial charge in [0.25, 0.3) is 0 Å². The highest BCUT2D eigenvalue weighted by atomic mass is 16.5. The molecular formula is C15H20N4O2. The van der Waals surface area contributed by atoms with Crippen molar-refractivity contribution >= 4 is 11.6 Å². The maximum atomic E-state index is 12.1. The number of likely N-dealkylation sites (tertiary alicyclic amines) is 1. The van der Waals surface area contributed by atoms with Crippen LogP contribution in [-0.2, 0) is 4.79 Å². The van der Waals surface area contributed by atoms with Crippen molar-refractivity contribution in [2.24, 2.45) is 5.73 Å². The van der Waals surface area contributed by atoms with E-state index in [1.54, 1.807) is 18.2 Å². The number of carbonyl (C=O) groups is 1. The molecule has 0 unspecified atom stereocenters. The maximum absolute atomic E-state index is 12.1. The molecule has 3 N–H and O–H groups in total. The van der Waals surface area contributed by atoms with Gasteiger partial charge in [-0.3, -0.25) is 9.69 Å². The lowest BCUT2D eigenvalue weighted by atomic mass is 10.1. The zero-order chi connectivity index (χ0) is 15.2. The molecule has 6 heteroatoms. The first-order valence-corrected chi connectivity index (χ1v) is 6.99. The van der Waals surface area contributed by atoms with Crippen molar-refractivity contribution in [2.45, 2.75) is 18.9 Å². The highest BCUT2D eigenvalue weighted by Gasteiger charge is 2.19. The second-order valence-corrected chi connectivity index (χ2v) is 5.16. The molecule has 1 amide bonds. The average Bonchev–Trinajstić information content (AvgIpc) is 2.49. The van der Waals surface area contributed by atoms with Crippen molar-refractivity contribution in [2.75, 3.05) is 32.1 Å². The summed E-state index contributed by atoms with van der Waals surface area (Å²) in [7, 11) is 1.51. The number of methoxy groups -OCH3 is 1. The molecule has 0 saturated carbocycles. The molecule has 1 fully saturated rings. The fraction of sp³-hybridized carbons (Fsp3) is 0.467. The number of nitriles is 1. The minimum Gasteiger partial charge on any atom is -0.495 e. The standard InChI is InChI=1S/C15H20N4O2/c1-21-13-4-2-3-11(9-16)15(13)18-14(20)10-19-7-5-12(17)6-8-19/h2-4,12H,5-8,10,17H2,1H3,(H,18,20). The molecule has 21 heavy (non-hydrogen) atoms. The second-order valence-electron chi connectivity index (χ2n) is 5.16. The van der Waals surface area contributed by atoms with Crippen LogP contribution < -0.4 is 15.8 Å². The zero-order valence-corrected chi connectivity index (χ0v) is 12.1. The SMILES string of the molecule is COc1cccc(C#N)c1NC(=O)CN1CCC(N)CC1. The van der Waals surface area contributed by atoms with E-state index in [0.29, 0.717) is 23.5 Å². The molecule has 1 aromatic rings. The van der Waals surface area contributed by atoms with Gasteiger partial charge in [0, 0.05) is 19.1 Å². The highest BCUT2D eigenvalue weighted by molar-refractivity contribution is 5.95. The van der Waals surface area contributed by atoms with Crippen molar-refractivity contribution in [1.29, 1.82) is 5.26 Å². The summed E-state index contributed by atoms with van der Waals surface area (Å²) >= 11 is 0. The van der Waals surface area contributed by atoms with E-state index < -0.39 is 0 Å². The summed E-state index contributed by atoms with van der Waals surface area (Å²) in [5.41, 5.74) is 6.67. The van der Waals surface area contributed by atoms with Crippen molar-refractivity contribution < 1.29 is 9.53 Å². The van der Waals surface area contributed by atoms with Crippen molar-refractivity contribution in [3.63, 3.8) is 0 Å². The number of hydrogen-bond acceptors (Lipinski definition) is 5. The van der Waals surface area contributed by atoms with Crippen LogP contribution in [0.4, 0.5) is 5.69 Å². The Balaban J connectivity index is 2.01. The minimum atomic E-state index is -0.147. The van der Waals surface area contributed by atoms with Crippen molar-refractivity contribution in [3.8, 4) is 11.8 Å². The van der Waals surface area contributed by atoms with E-state index in [1.807, 2.05) is 0 Å². The van der Waals surface area contributed by atoms with Gasteiger partial charge in [-0.2, -0.15) is 5.26 Å². The number of ether oxygens (including phenoxy) is 1. The predicted molar refractivity (Wildman–Crippen MR) is 80.0 cm³/mol. The molecule has 1 aliphatic heterocycles. The minimum absolute atomic E-state index is 0.147. The van der Waals surface area contributed by atoms with Gasteiger partial charge < -0.3 is 15.8 Å². The fourth-order valence-electron chi connectivity index (χ4n) is 2.42. The normalized spacial score (nSPS) is 16.2. The first kappa shape index (κ1) is 15.3. The molecular weight excluding hydrogens is 268 g/mol. The molecule has 0 spiro atoms. The lowest BCUT2D eigenvalue weighted by molar-refractivity contribution is -0.117. The number of rotatable bonds is 4. The van der Waals surface area contributed by atoms with Gasteiger partial charge in [0.1, 0.15) is 17.5 Å². The number of amides is 1. The number of benzene rings is 1. The number of nitrogens with zero attached hydrogens (tertiary/aromatic N) is 2. The Hall–Kier alpha value is -2.10. The van der Waals surface area contributed by atoms with Crippen molar-refractivity contribution in [1.82, 2.24) is 4.90 Å². The Morgan fingerprint density at radius 2 is 2.24 bits per heavy atom. The Kier molecular flexibility index (Phi) is 5.14.